The zero-order valence-corrected chi connectivity index (χ0v) is 12.2. The lowest BCUT2D eigenvalue weighted by molar-refractivity contribution is 0.281. The smallest absolute Gasteiger partial charge is 0.211 e. The zero-order chi connectivity index (χ0) is 14.0. The number of aliphatic hydroxyl groups excluding tert-OH is 1. The van der Waals surface area contributed by atoms with Crippen molar-refractivity contribution < 1.29 is 13.5 Å². The molecule has 1 aromatic heterocycles. The highest BCUT2D eigenvalue weighted by Crippen LogP contribution is 2.25. The van der Waals surface area contributed by atoms with Crippen molar-refractivity contribution in [1.29, 1.82) is 0 Å². The molecule has 0 bridgehead atoms. The van der Waals surface area contributed by atoms with Crippen molar-refractivity contribution in [1.82, 2.24) is 9.29 Å². The number of nitrogens with zero attached hydrogens (tertiary/aromatic N) is 3. The van der Waals surface area contributed by atoms with Crippen LogP contribution in [0.4, 0.5) is 5.82 Å². The molecule has 1 aromatic rings. The van der Waals surface area contributed by atoms with Crippen molar-refractivity contribution in [2.24, 2.45) is 0 Å². The third-order valence-corrected chi connectivity index (χ3v) is 4.65. The Bertz CT molecular complexity index is 556. The second kappa shape index (κ2) is 5.62. The molecular formula is C11H16ClN3O3S. The Balaban J connectivity index is 2.10. The van der Waals surface area contributed by atoms with Gasteiger partial charge in [-0.05, 0) is 11.6 Å². The molecule has 0 radical (unpaired) electrons. The van der Waals surface area contributed by atoms with Gasteiger partial charge in [-0.1, -0.05) is 11.6 Å². The van der Waals surface area contributed by atoms with E-state index in [0.717, 1.165) is 0 Å². The summed E-state index contributed by atoms with van der Waals surface area (Å²) in [5, 5.41) is 9.47. The highest BCUT2D eigenvalue weighted by atomic mass is 35.5. The Hall–Kier alpha value is -0.890. The lowest BCUT2D eigenvalue weighted by Crippen LogP contribution is -2.48. The molecule has 0 saturated carbocycles. The molecule has 0 amide bonds. The summed E-state index contributed by atoms with van der Waals surface area (Å²) in [4.78, 5) is 6.18. The molecule has 1 N–H and O–H groups in total. The molecule has 0 atom stereocenters. The number of pyridine rings is 1. The number of anilines is 1. The van der Waals surface area contributed by atoms with Gasteiger partial charge in [-0.25, -0.2) is 13.4 Å². The maximum absolute atomic E-state index is 11.4. The molecule has 1 aliphatic heterocycles. The summed E-state index contributed by atoms with van der Waals surface area (Å²) in [6, 6.07) is 1.67. The maximum Gasteiger partial charge on any atom is 0.211 e. The molecule has 19 heavy (non-hydrogen) atoms. The maximum atomic E-state index is 11.4. The molecule has 1 aliphatic rings. The van der Waals surface area contributed by atoms with Gasteiger partial charge in [-0.3, -0.25) is 0 Å². The van der Waals surface area contributed by atoms with Gasteiger partial charge in [0.2, 0.25) is 10.0 Å². The summed E-state index contributed by atoms with van der Waals surface area (Å²) in [6.07, 6.45) is 2.79. The van der Waals surface area contributed by atoms with Gasteiger partial charge >= 0.3 is 0 Å². The minimum absolute atomic E-state index is 0.102. The molecule has 6 nitrogen and oxygen atoms in total. The van der Waals surface area contributed by atoms with E-state index >= 15 is 0 Å². The molecule has 2 heterocycles. The van der Waals surface area contributed by atoms with Crippen LogP contribution >= 0.6 is 11.6 Å². The van der Waals surface area contributed by atoms with Crippen molar-refractivity contribution >= 4 is 27.4 Å². The molecule has 0 aliphatic carbocycles. The molecule has 2 rings (SSSR count). The number of aromatic nitrogens is 1. The van der Waals surface area contributed by atoms with E-state index in [4.69, 9.17) is 16.7 Å². The number of sulfonamides is 1. The van der Waals surface area contributed by atoms with E-state index in [2.05, 4.69) is 4.98 Å². The molecule has 8 heteroatoms. The van der Waals surface area contributed by atoms with Gasteiger partial charge in [-0.2, -0.15) is 4.31 Å². The third-order valence-electron chi connectivity index (χ3n) is 3.07. The second-order valence-corrected chi connectivity index (χ2v) is 6.85. The number of halogens is 1. The molecular weight excluding hydrogens is 290 g/mol. The van der Waals surface area contributed by atoms with E-state index in [1.807, 2.05) is 4.90 Å². The van der Waals surface area contributed by atoms with Crippen LogP contribution in [0.25, 0.3) is 0 Å². The fraction of sp³-hybridized carbons (Fsp3) is 0.545. The second-order valence-electron chi connectivity index (χ2n) is 4.46. The first kappa shape index (κ1) is 14.5. The standard InChI is InChI=1S/C11H16ClN3O3S/c1-19(17,18)15-4-2-14(3-5-15)11-10(12)6-9(8-16)7-13-11/h6-7,16H,2-5,8H2,1H3. The van der Waals surface area contributed by atoms with E-state index in [9.17, 15) is 8.42 Å². The van der Waals surface area contributed by atoms with Gasteiger partial charge < -0.3 is 10.0 Å². The molecule has 1 fully saturated rings. The van der Waals surface area contributed by atoms with Gasteiger partial charge in [0.1, 0.15) is 5.82 Å². The van der Waals surface area contributed by atoms with Crippen LogP contribution in [0.5, 0.6) is 0 Å². The van der Waals surface area contributed by atoms with E-state index < -0.39 is 10.0 Å². The summed E-state index contributed by atoms with van der Waals surface area (Å²) in [5.41, 5.74) is 0.656. The summed E-state index contributed by atoms with van der Waals surface area (Å²) in [5.74, 6) is 0.631. The molecule has 106 valence electrons. The SMILES string of the molecule is CS(=O)(=O)N1CCN(c2ncc(CO)cc2Cl)CC1. The average molecular weight is 306 g/mol. The minimum Gasteiger partial charge on any atom is -0.392 e. The Morgan fingerprint density at radius 2 is 2.00 bits per heavy atom. The predicted molar refractivity (Wildman–Crippen MR) is 73.8 cm³/mol. The van der Waals surface area contributed by atoms with Crippen molar-refractivity contribution in [3.63, 3.8) is 0 Å². The van der Waals surface area contributed by atoms with E-state index in [1.54, 1.807) is 12.3 Å². The fourth-order valence-electron chi connectivity index (χ4n) is 2.02. The van der Waals surface area contributed by atoms with Crippen LogP contribution in [-0.4, -0.2) is 55.2 Å². The van der Waals surface area contributed by atoms with E-state index in [0.29, 0.717) is 42.6 Å². The average Bonchev–Trinajstić information content (AvgIpc) is 2.37. The van der Waals surface area contributed by atoms with Crippen LogP contribution in [0.3, 0.4) is 0 Å². The monoisotopic (exact) mass is 305 g/mol. The first-order valence-electron chi connectivity index (χ1n) is 5.87. The lowest BCUT2D eigenvalue weighted by atomic mass is 10.3. The van der Waals surface area contributed by atoms with Crippen LogP contribution in [0.15, 0.2) is 12.3 Å². The number of rotatable bonds is 3. The Morgan fingerprint density at radius 1 is 1.37 bits per heavy atom. The van der Waals surface area contributed by atoms with Crippen molar-refractivity contribution in [2.75, 3.05) is 37.3 Å². The van der Waals surface area contributed by atoms with Crippen LogP contribution in [0.2, 0.25) is 5.02 Å². The van der Waals surface area contributed by atoms with E-state index in [-0.39, 0.29) is 6.61 Å². The summed E-state index contributed by atoms with van der Waals surface area (Å²) in [6.45, 7) is 1.86. The third kappa shape index (κ3) is 3.36. The van der Waals surface area contributed by atoms with Crippen LogP contribution in [0.1, 0.15) is 5.56 Å². The first-order valence-corrected chi connectivity index (χ1v) is 8.10. The largest absolute Gasteiger partial charge is 0.392 e. The van der Waals surface area contributed by atoms with Crippen molar-refractivity contribution in [3.8, 4) is 0 Å². The predicted octanol–water partition coefficient (Wildman–Crippen LogP) is 0.309. The highest BCUT2D eigenvalue weighted by molar-refractivity contribution is 7.88. The van der Waals surface area contributed by atoms with Gasteiger partial charge in [0.15, 0.2) is 0 Å². The normalized spacial score (nSPS) is 17.7. The number of hydrogen-bond donors (Lipinski definition) is 1. The summed E-state index contributed by atoms with van der Waals surface area (Å²) >= 11 is 6.12. The summed E-state index contributed by atoms with van der Waals surface area (Å²) in [7, 11) is -3.13. The first-order chi connectivity index (χ1) is 8.91. The Labute approximate surface area is 117 Å². The van der Waals surface area contributed by atoms with Gasteiger partial charge in [0.05, 0.1) is 17.9 Å². The fourth-order valence-corrected chi connectivity index (χ4v) is 3.16. The quantitative estimate of drug-likeness (QED) is 0.870. The highest BCUT2D eigenvalue weighted by Gasteiger charge is 2.25. The number of piperazine rings is 1. The van der Waals surface area contributed by atoms with Crippen LogP contribution in [0, 0.1) is 0 Å². The van der Waals surface area contributed by atoms with Crippen LogP contribution in [-0.2, 0) is 16.6 Å². The minimum atomic E-state index is -3.13. The van der Waals surface area contributed by atoms with Crippen molar-refractivity contribution in [2.45, 2.75) is 6.61 Å². The molecule has 0 aromatic carbocycles. The van der Waals surface area contributed by atoms with Gasteiger partial charge in [0, 0.05) is 32.4 Å². The van der Waals surface area contributed by atoms with Gasteiger partial charge in [-0.15, -0.1) is 0 Å². The topological polar surface area (TPSA) is 73.7 Å². The zero-order valence-electron chi connectivity index (χ0n) is 10.6. The van der Waals surface area contributed by atoms with E-state index in [1.165, 1.54) is 10.6 Å². The number of aliphatic hydroxyl groups is 1. The van der Waals surface area contributed by atoms with Crippen molar-refractivity contribution in [3.05, 3.63) is 22.8 Å². The van der Waals surface area contributed by atoms with Crippen LogP contribution < -0.4 is 4.90 Å². The number of hydrogen-bond acceptors (Lipinski definition) is 5. The molecule has 1 saturated heterocycles. The molecule has 0 spiro atoms. The lowest BCUT2D eigenvalue weighted by Gasteiger charge is -2.34. The van der Waals surface area contributed by atoms with Gasteiger partial charge in [0.25, 0.3) is 0 Å². The molecule has 0 unspecified atom stereocenters. The summed E-state index contributed by atoms with van der Waals surface area (Å²) < 4.78 is 24.3. The Kier molecular flexibility index (Phi) is 4.29. The Morgan fingerprint density at radius 3 is 2.47 bits per heavy atom.